The van der Waals surface area contributed by atoms with E-state index < -0.39 is 23.0 Å². The van der Waals surface area contributed by atoms with Gasteiger partial charge in [-0.25, -0.2) is 4.98 Å². The number of pyridine rings is 1. The summed E-state index contributed by atoms with van der Waals surface area (Å²) in [6.07, 6.45) is 1.57. The topological polar surface area (TPSA) is 131 Å². The number of Topliss-reactive ketones (excluding diaryl/α,β-unsaturated/α-hetero) is 1. The summed E-state index contributed by atoms with van der Waals surface area (Å²) in [5.74, 6) is -0.407. The van der Waals surface area contributed by atoms with Gasteiger partial charge in [-0.1, -0.05) is 6.07 Å². The maximum atomic E-state index is 13.2. The van der Waals surface area contributed by atoms with Gasteiger partial charge in [0.15, 0.2) is 11.5 Å². The third-order valence-corrected chi connectivity index (χ3v) is 4.60. The highest BCUT2D eigenvalue weighted by molar-refractivity contribution is 6.00. The van der Waals surface area contributed by atoms with Crippen LogP contribution in [-0.4, -0.2) is 35.4 Å². The SMILES string of the molecule is COc1ccc(C(=O)C(NCCC(=O)Nc2ccccn2)c2oc(C)cc(=O)c2O)cc1. The molecule has 2 aromatic heterocycles. The summed E-state index contributed by atoms with van der Waals surface area (Å²) in [5, 5.41) is 15.8. The Bertz CT molecular complexity index is 1140. The molecule has 3 aromatic rings. The smallest absolute Gasteiger partial charge is 0.227 e. The molecule has 9 heteroatoms. The van der Waals surface area contributed by atoms with Crippen LogP contribution in [0.3, 0.4) is 0 Å². The van der Waals surface area contributed by atoms with Crippen molar-refractivity contribution in [2.75, 3.05) is 19.0 Å². The van der Waals surface area contributed by atoms with Crippen molar-refractivity contribution in [1.29, 1.82) is 0 Å². The van der Waals surface area contributed by atoms with Gasteiger partial charge in [0.1, 0.15) is 23.4 Å². The molecule has 166 valence electrons. The van der Waals surface area contributed by atoms with Gasteiger partial charge in [0.2, 0.25) is 17.1 Å². The number of rotatable bonds is 9. The molecule has 1 amide bonds. The Kier molecular flexibility index (Phi) is 7.35. The van der Waals surface area contributed by atoms with E-state index in [1.54, 1.807) is 55.6 Å². The molecule has 0 saturated heterocycles. The zero-order chi connectivity index (χ0) is 23.1. The van der Waals surface area contributed by atoms with E-state index in [0.29, 0.717) is 17.1 Å². The van der Waals surface area contributed by atoms with Gasteiger partial charge < -0.3 is 24.9 Å². The number of anilines is 1. The molecule has 0 saturated carbocycles. The minimum atomic E-state index is -1.18. The van der Waals surface area contributed by atoms with Gasteiger partial charge in [-0.2, -0.15) is 0 Å². The summed E-state index contributed by atoms with van der Waals surface area (Å²) >= 11 is 0. The second-order valence-corrected chi connectivity index (χ2v) is 6.93. The van der Waals surface area contributed by atoms with Crippen LogP contribution in [0.15, 0.2) is 63.9 Å². The summed E-state index contributed by atoms with van der Waals surface area (Å²) < 4.78 is 10.6. The molecule has 0 spiro atoms. The number of carbonyl (C=O) groups excluding carboxylic acids is 2. The summed E-state index contributed by atoms with van der Waals surface area (Å²) in [7, 11) is 1.51. The Hall–Kier alpha value is -3.98. The predicted octanol–water partition coefficient (Wildman–Crippen LogP) is 2.60. The Morgan fingerprint density at radius 1 is 1.19 bits per heavy atom. The van der Waals surface area contributed by atoms with E-state index in [1.165, 1.54) is 7.11 Å². The Balaban J connectivity index is 1.80. The highest BCUT2D eigenvalue weighted by atomic mass is 16.5. The van der Waals surface area contributed by atoms with Gasteiger partial charge in [0, 0.05) is 30.8 Å². The van der Waals surface area contributed by atoms with Crippen LogP contribution in [0.25, 0.3) is 0 Å². The number of aromatic nitrogens is 1. The van der Waals surface area contributed by atoms with E-state index in [0.717, 1.165) is 6.07 Å². The maximum Gasteiger partial charge on any atom is 0.227 e. The highest BCUT2D eigenvalue weighted by Gasteiger charge is 2.28. The van der Waals surface area contributed by atoms with E-state index in [1.807, 2.05) is 0 Å². The van der Waals surface area contributed by atoms with Crippen LogP contribution in [0, 0.1) is 6.92 Å². The number of nitrogens with zero attached hydrogens (tertiary/aromatic N) is 1. The normalized spacial score (nSPS) is 11.6. The number of hydrogen-bond acceptors (Lipinski definition) is 8. The molecule has 2 heterocycles. The number of aromatic hydroxyl groups is 1. The average molecular weight is 437 g/mol. The monoisotopic (exact) mass is 437 g/mol. The van der Waals surface area contributed by atoms with Crippen LogP contribution >= 0.6 is 0 Å². The zero-order valence-electron chi connectivity index (χ0n) is 17.6. The van der Waals surface area contributed by atoms with E-state index in [9.17, 15) is 19.5 Å². The molecule has 3 N–H and O–H groups in total. The molecule has 3 rings (SSSR count). The number of ketones is 1. The summed E-state index contributed by atoms with van der Waals surface area (Å²) in [6.45, 7) is 1.61. The first-order chi connectivity index (χ1) is 15.4. The highest BCUT2D eigenvalue weighted by Crippen LogP contribution is 2.26. The molecule has 9 nitrogen and oxygen atoms in total. The fraction of sp³-hybridized carbons (Fsp3) is 0.217. The van der Waals surface area contributed by atoms with Crippen LogP contribution in [-0.2, 0) is 4.79 Å². The van der Waals surface area contributed by atoms with Gasteiger partial charge in [0.25, 0.3) is 0 Å². The Labute approximate surface area is 184 Å². The molecule has 0 bridgehead atoms. The molecule has 32 heavy (non-hydrogen) atoms. The lowest BCUT2D eigenvalue weighted by Gasteiger charge is -2.18. The summed E-state index contributed by atoms with van der Waals surface area (Å²) in [4.78, 5) is 41.5. The first-order valence-electron chi connectivity index (χ1n) is 9.85. The van der Waals surface area contributed by atoms with E-state index in [4.69, 9.17) is 9.15 Å². The van der Waals surface area contributed by atoms with Gasteiger partial charge >= 0.3 is 0 Å². The number of ether oxygens (including phenoxy) is 1. The van der Waals surface area contributed by atoms with Crippen molar-refractivity contribution < 1.29 is 23.8 Å². The zero-order valence-corrected chi connectivity index (χ0v) is 17.6. The molecular weight excluding hydrogens is 414 g/mol. The van der Waals surface area contributed by atoms with Crippen molar-refractivity contribution in [2.24, 2.45) is 0 Å². The van der Waals surface area contributed by atoms with Gasteiger partial charge in [0.05, 0.1) is 7.11 Å². The minimum Gasteiger partial charge on any atom is -0.502 e. The predicted molar refractivity (Wildman–Crippen MR) is 117 cm³/mol. The van der Waals surface area contributed by atoms with Gasteiger partial charge in [-0.15, -0.1) is 0 Å². The van der Waals surface area contributed by atoms with Gasteiger partial charge in [-0.05, 0) is 43.3 Å². The van der Waals surface area contributed by atoms with E-state index in [2.05, 4.69) is 15.6 Å². The van der Waals surface area contributed by atoms with Crippen molar-refractivity contribution in [2.45, 2.75) is 19.4 Å². The lowest BCUT2D eigenvalue weighted by atomic mass is 10.0. The third kappa shape index (κ3) is 5.58. The first-order valence-corrected chi connectivity index (χ1v) is 9.85. The van der Waals surface area contributed by atoms with Crippen molar-refractivity contribution in [1.82, 2.24) is 10.3 Å². The van der Waals surface area contributed by atoms with Crippen molar-refractivity contribution in [3.8, 4) is 11.5 Å². The van der Waals surface area contributed by atoms with Gasteiger partial charge in [-0.3, -0.25) is 14.4 Å². The number of benzene rings is 1. The van der Waals surface area contributed by atoms with Crippen LogP contribution in [0.5, 0.6) is 11.5 Å². The largest absolute Gasteiger partial charge is 0.502 e. The number of hydrogen-bond donors (Lipinski definition) is 3. The molecule has 0 radical (unpaired) electrons. The number of amides is 1. The minimum absolute atomic E-state index is 0.0137. The molecule has 1 unspecified atom stereocenters. The summed E-state index contributed by atoms with van der Waals surface area (Å²) in [6, 6.07) is 11.5. The van der Waals surface area contributed by atoms with Crippen molar-refractivity contribution >= 4 is 17.5 Å². The first kappa shape index (κ1) is 22.7. The Morgan fingerprint density at radius 2 is 1.94 bits per heavy atom. The molecule has 1 atom stereocenters. The molecular formula is C23H23N3O6. The second kappa shape index (κ2) is 10.4. The lowest BCUT2D eigenvalue weighted by Crippen LogP contribution is -2.32. The van der Waals surface area contributed by atoms with Crippen LogP contribution < -0.4 is 20.8 Å². The van der Waals surface area contributed by atoms with Crippen molar-refractivity contribution in [3.05, 3.63) is 82.0 Å². The molecule has 1 aromatic carbocycles. The van der Waals surface area contributed by atoms with Crippen LogP contribution in [0.2, 0.25) is 0 Å². The summed E-state index contributed by atoms with van der Waals surface area (Å²) in [5.41, 5.74) is -0.351. The number of aryl methyl sites for hydroxylation is 1. The fourth-order valence-corrected chi connectivity index (χ4v) is 3.02. The maximum absolute atomic E-state index is 13.2. The average Bonchev–Trinajstić information content (AvgIpc) is 2.79. The molecule has 0 fully saturated rings. The van der Waals surface area contributed by atoms with Crippen LogP contribution in [0.1, 0.15) is 34.3 Å². The number of methoxy groups -OCH3 is 1. The standard InChI is InChI=1S/C23H23N3O6/c1-14-13-17(27)22(30)23(32-14)20(21(29)15-6-8-16(31-2)9-7-15)25-12-10-19(28)26-18-5-3-4-11-24-18/h3-9,11,13,20,25,30H,10,12H2,1-2H3,(H,24,26,28). The van der Waals surface area contributed by atoms with E-state index in [-0.39, 0.29) is 30.4 Å². The third-order valence-electron chi connectivity index (χ3n) is 4.60. The van der Waals surface area contributed by atoms with E-state index >= 15 is 0 Å². The number of nitrogens with one attached hydrogen (secondary N) is 2. The molecule has 0 aliphatic heterocycles. The molecule has 0 aliphatic carbocycles. The molecule has 0 aliphatic rings. The quantitative estimate of drug-likeness (QED) is 0.436. The van der Waals surface area contributed by atoms with Crippen molar-refractivity contribution in [3.63, 3.8) is 0 Å². The Morgan fingerprint density at radius 3 is 2.59 bits per heavy atom. The second-order valence-electron chi connectivity index (χ2n) is 6.93. The fourth-order valence-electron chi connectivity index (χ4n) is 3.02. The lowest BCUT2D eigenvalue weighted by molar-refractivity contribution is -0.116. The number of carbonyl (C=O) groups is 2. The van der Waals surface area contributed by atoms with Crippen LogP contribution in [0.4, 0.5) is 5.82 Å².